The summed E-state index contributed by atoms with van der Waals surface area (Å²) >= 11 is 1.51. The van der Waals surface area contributed by atoms with Gasteiger partial charge in [0.25, 0.3) is 0 Å². The fraction of sp³-hybridized carbons (Fsp3) is 0.692. The minimum Gasteiger partial charge on any atom is -0.381 e. The van der Waals surface area contributed by atoms with Crippen LogP contribution < -0.4 is 4.90 Å². The first-order valence-electron chi connectivity index (χ1n) is 6.51. The molecule has 0 atom stereocenters. The fourth-order valence-corrected chi connectivity index (χ4v) is 3.20. The molecule has 0 spiro atoms. The summed E-state index contributed by atoms with van der Waals surface area (Å²) in [5.41, 5.74) is 0.950. The lowest BCUT2D eigenvalue weighted by atomic mass is 10.1. The summed E-state index contributed by atoms with van der Waals surface area (Å²) in [7, 11) is 2.07. The molecule has 5 heteroatoms. The third-order valence-corrected chi connectivity index (χ3v) is 4.46. The lowest BCUT2D eigenvalue weighted by molar-refractivity contribution is 0.0855. The maximum Gasteiger partial charge on any atom is 0.186 e. The molecule has 1 aromatic heterocycles. The van der Waals surface area contributed by atoms with Gasteiger partial charge in [0.15, 0.2) is 11.4 Å². The Bertz CT molecular complexity index is 400. The van der Waals surface area contributed by atoms with Crippen LogP contribution in [0.1, 0.15) is 41.6 Å². The molecule has 0 aromatic carbocycles. The van der Waals surface area contributed by atoms with Crippen molar-refractivity contribution < 1.29 is 9.53 Å². The molecule has 0 amide bonds. The van der Waals surface area contributed by atoms with E-state index in [1.165, 1.54) is 11.3 Å². The average Bonchev–Trinajstić information content (AvgIpc) is 2.82. The molecule has 1 saturated heterocycles. The van der Waals surface area contributed by atoms with Crippen molar-refractivity contribution in [3.05, 3.63) is 10.6 Å². The van der Waals surface area contributed by atoms with E-state index in [4.69, 9.17) is 4.74 Å². The van der Waals surface area contributed by atoms with Gasteiger partial charge in [0.2, 0.25) is 0 Å². The van der Waals surface area contributed by atoms with Crippen LogP contribution in [0.25, 0.3) is 0 Å². The van der Waals surface area contributed by atoms with E-state index in [2.05, 4.69) is 23.9 Å². The van der Waals surface area contributed by atoms with Gasteiger partial charge in [0.05, 0.1) is 10.6 Å². The first-order chi connectivity index (χ1) is 8.76. The Kier molecular flexibility index (Phi) is 4.72. The SMILES string of the molecule is CCCc1nc(N(C)C2CCOCC2)sc1C=O. The van der Waals surface area contributed by atoms with Crippen molar-refractivity contribution in [1.29, 1.82) is 0 Å². The Labute approximate surface area is 112 Å². The molecular weight excluding hydrogens is 248 g/mol. The predicted molar refractivity (Wildman–Crippen MR) is 73.7 cm³/mol. The zero-order valence-corrected chi connectivity index (χ0v) is 11.8. The smallest absolute Gasteiger partial charge is 0.186 e. The zero-order chi connectivity index (χ0) is 13.0. The maximum atomic E-state index is 11.0. The molecule has 0 saturated carbocycles. The lowest BCUT2D eigenvalue weighted by Crippen LogP contribution is -2.36. The third-order valence-electron chi connectivity index (χ3n) is 3.35. The molecule has 1 fully saturated rings. The number of nitrogens with zero attached hydrogens (tertiary/aromatic N) is 2. The number of carbonyl (C=O) groups excluding carboxylic acids is 1. The van der Waals surface area contributed by atoms with Crippen molar-refractivity contribution in [2.24, 2.45) is 0 Å². The standard InChI is InChI=1S/C13H20N2O2S/c1-3-4-11-12(9-16)18-13(14-11)15(2)10-5-7-17-8-6-10/h9-10H,3-8H2,1-2H3. The predicted octanol–water partition coefficient (Wildman–Crippen LogP) is 2.52. The van der Waals surface area contributed by atoms with Gasteiger partial charge >= 0.3 is 0 Å². The fourth-order valence-electron chi connectivity index (χ4n) is 2.24. The van der Waals surface area contributed by atoms with Gasteiger partial charge in [-0.05, 0) is 19.3 Å². The number of hydrogen-bond donors (Lipinski definition) is 0. The van der Waals surface area contributed by atoms with Gasteiger partial charge in [0, 0.05) is 26.3 Å². The summed E-state index contributed by atoms with van der Waals surface area (Å²) in [5.74, 6) is 0. The second-order valence-corrected chi connectivity index (χ2v) is 5.64. The molecule has 1 aromatic rings. The normalized spacial score (nSPS) is 16.8. The van der Waals surface area contributed by atoms with E-state index in [1.54, 1.807) is 0 Å². The molecule has 4 nitrogen and oxygen atoms in total. The number of hydrogen-bond acceptors (Lipinski definition) is 5. The van der Waals surface area contributed by atoms with Crippen LogP contribution in [0.15, 0.2) is 0 Å². The van der Waals surface area contributed by atoms with Gasteiger partial charge in [-0.3, -0.25) is 4.79 Å². The molecule has 1 aliphatic heterocycles. The van der Waals surface area contributed by atoms with E-state index in [1.807, 2.05) is 0 Å². The first kappa shape index (κ1) is 13.5. The molecule has 0 radical (unpaired) electrons. The number of carbonyl (C=O) groups is 1. The highest BCUT2D eigenvalue weighted by molar-refractivity contribution is 7.17. The van der Waals surface area contributed by atoms with E-state index in [0.29, 0.717) is 6.04 Å². The van der Waals surface area contributed by atoms with Crippen molar-refractivity contribution in [3.8, 4) is 0 Å². The zero-order valence-electron chi connectivity index (χ0n) is 11.0. The van der Waals surface area contributed by atoms with Gasteiger partial charge < -0.3 is 9.64 Å². The topological polar surface area (TPSA) is 42.4 Å². The lowest BCUT2D eigenvalue weighted by Gasteiger charge is -2.30. The van der Waals surface area contributed by atoms with Gasteiger partial charge in [0.1, 0.15) is 0 Å². The molecule has 1 aliphatic rings. The number of aldehydes is 1. The average molecular weight is 268 g/mol. The Morgan fingerprint density at radius 2 is 2.22 bits per heavy atom. The van der Waals surface area contributed by atoms with Gasteiger partial charge in [-0.2, -0.15) is 0 Å². The molecule has 0 bridgehead atoms. The van der Waals surface area contributed by atoms with Crippen LogP contribution in [-0.4, -0.2) is 37.6 Å². The second-order valence-electron chi connectivity index (χ2n) is 4.63. The summed E-state index contributed by atoms with van der Waals surface area (Å²) < 4.78 is 5.37. The molecule has 0 aliphatic carbocycles. The monoisotopic (exact) mass is 268 g/mol. The summed E-state index contributed by atoms with van der Waals surface area (Å²) in [6.45, 7) is 3.75. The van der Waals surface area contributed by atoms with Crippen LogP contribution in [0.4, 0.5) is 5.13 Å². The van der Waals surface area contributed by atoms with Crippen LogP contribution in [0.3, 0.4) is 0 Å². The highest BCUT2D eigenvalue weighted by Crippen LogP contribution is 2.28. The molecule has 0 N–H and O–H groups in total. The summed E-state index contributed by atoms with van der Waals surface area (Å²) in [6, 6.07) is 0.485. The molecule has 100 valence electrons. The van der Waals surface area contributed by atoms with Crippen molar-refractivity contribution in [2.45, 2.75) is 38.6 Å². The second kappa shape index (κ2) is 6.29. The van der Waals surface area contributed by atoms with Crippen LogP contribution in [-0.2, 0) is 11.2 Å². The van der Waals surface area contributed by atoms with Crippen molar-refractivity contribution in [3.63, 3.8) is 0 Å². The Morgan fingerprint density at radius 1 is 1.50 bits per heavy atom. The third kappa shape index (κ3) is 2.90. The van der Waals surface area contributed by atoms with Crippen LogP contribution in [0.5, 0.6) is 0 Å². The van der Waals surface area contributed by atoms with Crippen molar-refractivity contribution >= 4 is 22.8 Å². The molecule has 0 unspecified atom stereocenters. The van der Waals surface area contributed by atoms with Crippen molar-refractivity contribution in [2.75, 3.05) is 25.2 Å². The molecular formula is C13H20N2O2S. The maximum absolute atomic E-state index is 11.0. The van der Waals surface area contributed by atoms with E-state index in [-0.39, 0.29) is 0 Å². The minimum atomic E-state index is 0.485. The summed E-state index contributed by atoms with van der Waals surface area (Å²) in [4.78, 5) is 18.7. The van der Waals surface area contributed by atoms with Crippen LogP contribution >= 0.6 is 11.3 Å². The number of thiazole rings is 1. The van der Waals surface area contributed by atoms with Gasteiger partial charge in [-0.1, -0.05) is 24.7 Å². The first-order valence-corrected chi connectivity index (χ1v) is 7.33. The van der Waals surface area contributed by atoms with Gasteiger partial charge in [-0.25, -0.2) is 4.98 Å². The molecule has 2 heterocycles. The Morgan fingerprint density at radius 3 is 2.83 bits per heavy atom. The number of aromatic nitrogens is 1. The van der Waals surface area contributed by atoms with E-state index in [0.717, 1.165) is 60.9 Å². The van der Waals surface area contributed by atoms with E-state index >= 15 is 0 Å². The number of rotatable bonds is 5. The Hall–Kier alpha value is -0.940. The van der Waals surface area contributed by atoms with E-state index in [9.17, 15) is 4.79 Å². The quantitative estimate of drug-likeness (QED) is 0.770. The minimum absolute atomic E-state index is 0.485. The summed E-state index contributed by atoms with van der Waals surface area (Å²) in [6.07, 6.45) is 4.91. The molecule has 18 heavy (non-hydrogen) atoms. The highest BCUT2D eigenvalue weighted by atomic mass is 32.1. The molecule has 2 rings (SSSR count). The van der Waals surface area contributed by atoms with Crippen LogP contribution in [0, 0.1) is 0 Å². The van der Waals surface area contributed by atoms with E-state index < -0.39 is 0 Å². The summed E-state index contributed by atoms with van der Waals surface area (Å²) in [5, 5.41) is 0.965. The van der Waals surface area contributed by atoms with Gasteiger partial charge in [-0.15, -0.1) is 0 Å². The van der Waals surface area contributed by atoms with Crippen molar-refractivity contribution in [1.82, 2.24) is 4.98 Å². The largest absolute Gasteiger partial charge is 0.381 e. The number of ether oxygens (including phenoxy) is 1. The van der Waals surface area contributed by atoms with Crippen LogP contribution in [0.2, 0.25) is 0 Å². The number of aryl methyl sites for hydroxylation is 1. The highest BCUT2D eigenvalue weighted by Gasteiger charge is 2.22. The Balaban J connectivity index is 2.13. The number of anilines is 1.